The summed E-state index contributed by atoms with van der Waals surface area (Å²) in [6, 6.07) is 13.6. The molecule has 6 nitrogen and oxygen atoms in total. The zero-order valence-corrected chi connectivity index (χ0v) is 16.3. The summed E-state index contributed by atoms with van der Waals surface area (Å²) in [4.78, 5) is 12.4. The molecule has 2 heterocycles. The van der Waals surface area contributed by atoms with Gasteiger partial charge in [-0.3, -0.25) is 4.79 Å². The monoisotopic (exact) mass is 408 g/mol. The number of carbonyl (C=O) groups is 1. The molecule has 0 saturated carbocycles. The maximum Gasteiger partial charge on any atom is 0.249 e. The Labute approximate surface area is 171 Å². The highest BCUT2D eigenvalue weighted by molar-refractivity contribution is 5.90. The van der Waals surface area contributed by atoms with Gasteiger partial charge in [0, 0.05) is 17.0 Å². The van der Waals surface area contributed by atoms with E-state index in [2.05, 4.69) is 15.5 Å². The van der Waals surface area contributed by atoms with Crippen LogP contribution in [0.5, 0.6) is 0 Å². The molecule has 0 fully saturated rings. The Morgan fingerprint density at radius 3 is 2.47 bits per heavy atom. The van der Waals surface area contributed by atoms with Crippen LogP contribution >= 0.6 is 0 Å². The standard InChI is InChI=1S/C22H18F2N4O2/c1-13-11-17(22-27-26-21(30-22)15-7-9-16(23)10-8-15)14(2)28(13)12-20(29)25-19-6-4-3-5-18(19)24/h3-11H,12H2,1-2H3,(H,25,29). The molecule has 8 heteroatoms. The average Bonchev–Trinajstić information content (AvgIpc) is 3.31. The summed E-state index contributed by atoms with van der Waals surface area (Å²) in [5.74, 6) is -0.636. The number of aromatic nitrogens is 3. The van der Waals surface area contributed by atoms with Crippen molar-refractivity contribution in [2.24, 2.45) is 0 Å². The zero-order chi connectivity index (χ0) is 21.3. The van der Waals surface area contributed by atoms with Gasteiger partial charge in [-0.15, -0.1) is 10.2 Å². The number of nitrogens with zero attached hydrogens (tertiary/aromatic N) is 3. The minimum atomic E-state index is -0.494. The van der Waals surface area contributed by atoms with Crippen LogP contribution in [0.1, 0.15) is 11.4 Å². The van der Waals surface area contributed by atoms with E-state index in [9.17, 15) is 13.6 Å². The fourth-order valence-corrected chi connectivity index (χ4v) is 3.20. The molecule has 0 aliphatic heterocycles. The fraction of sp³-hybridized carbons (Fsp3) is 0.136. The maximum atomic E-state index is 13.8. The van der Waals surface area contributed by atoms with Gasteiger partial charge in [0.2, 0.25) is 17.7 Å². The predicted molar refractivity (Wildman–Crippen MR) is 108 cm³/mol. The van der Waals surface area contributed by atoms with E-state index in [1.807, 2.05) is 19.9 Å². The van der Waals surface area contributed by atoms with E-state index in [1.54, 1.807) is 28.8 Å². The van der Waals surface area contributed by atoms with Crippen molar-refractivity contribution in [2.45, 2.75) is 20.4 Å². The molecule has 0 radical (unpaired) electrons. The van der Waals surface area contributed by atoms with Crippen LogP contribution in [0, 0.1) is 25.5 Å². The number of aryl methyl sites for hydroxylation is 1. The molecule has 30 heavy (non-hydrogen) atoms. The number of para-hydroxylation sites is 1. The third kappa shape index (κ3) is 3.84. The Hall–Kier alpha value is -3.81. The van der Waals surface area contributed by atoms with Crippen LogP contribution in [0.2, 0.25) is 0 Å². The summed E-state index contributed by atoms with van der Waals surface area (Å²) in [6.45, 7) is 3.69. The predicted octanol–water partition coefficient (Wildman–Crippen LogP) is 4.74. The second-order valence-corrected chi connectivity index (χ2v) is 6.82. The van der Waals surface area contributed by atoms with E-state index in [0.717, 1.165) is 11.4 Å². The fourth-order valence-electron chi connectivity index (χ4n) is 3.20. The van der Waals surface area contributed by atoms with Crippen LogP contribution in [0.25, 0.3) is 22.9 Å². The number of rotatable bonds is 5. The summed E-state index contributed by atoms with van der Waals surface area (Å²) in [5, 5.41) is 10.7. The Morgan fingerprint density at radius 2 is 1.73 bits per heavy atom. The zero-order valence-electron chi connectivity index (χ0n) is 16.3. The summed E-state index contributed by atoms with van der Waals surface area (Å²) < 4.78 is 34.4. The SMILES string of the molecule is Cc1cc(-c2nnc(-c3ccc(F)cc3)o2)c(C)n1CC(=O)Nc1ccccc1F. The molecular weight excluding hydrogens is 390 g/mol. The molecule has 1 amide bonds. The van der Waals surface area contributed by atoms with Crippen molar-refractivity contribution in [3.8, 4) is 22.9 Å². The largest absolute Gasteiger partial charge is 0.416 e. The highest BCUT2D eigenvalue weighted by Gasteiger charge is 2.19. The van der Waals surface area contributed by atoms with Gasteiger partial charge in [0.15, 0.2) is 0 Å². The topological polar surface area (TPSA) is 73.0 Å². The molecule has 0 atom stereocenters. The first-order valence-electron chi connectivity index (χ1n) is 9.23. The molecule has 4 aromatic rings. The molecule has 0 unspecified atom stereocenters. The van der Waals surface area contributed by atoms with Crippen molar-refractivity contribution in [3.05, 3.63) is 77.6 Å². The lowest BCUT2D eigenvalue weighted by atomic mass is 10.2. The molecule has 0 saturated heterocycles. The molecular formula is C22H18F2N4O2. The van der Waals surface area contributed by atoms with Gasteiger partial charge in [-0.2, -0.15) is 0 Å². The van der Waals surface area contributed by atoms with Crippen molar-refractivity contribution in [1.82, 2.24) is 14.8 Å². The molecule has 0 spiro atoms. The van der Waals surface area contributed by atoms with Gasteiger partial charge in [0.1, 0.15) is 18.2 Å². The van der Waals surface area contributed by atoms with Gasteiger partial charge in [-0.25, -0.2) is 8.78 Å². The Bertz CT molecular complexity index is 1210. The Kier molecular flexibility index (Phi) is 5.14. The quantitative estimate of drug-likeness (QED) is 0.518. The van der Waals surface area contributed by atoms with Gasteiger partial charge in [-0.05, 0) is 56.3 Å². The Morgan fingerprint density at radius 1 is 1.03 bits per heavy atom. The summed E-state index contributed by atoms with van der Waals surface area (Å²) in [7, 11) is 0. The number of amides is 1. The van der Waals surface area contributed by atoms with E-state index in [1.165, 1.54) is 24.3 Å². The lowest BCUT2D eigenvalue weighted by molar-refractivity contribution is -0.116. The van der Waals surface area contributed by atoms with Crippen LogP contribution in [-0.4, -0.2) is 20.7 Å². The van der Waals surface area contributed by atoms with Crippen LogP contribution < -0.4 is 5.32 Å². The van der Waals surface area contributed by atoms with Crippen LogP contribution in [0.15, 0.2) is 59.0 Å². The number of halogens is 2. The molecule has 2 aromatic heterocycles. The van der Waals surface area contributed by atoms with Crippen molar-refractivity contribution < 1.29 is 18.0 Å². The van der Waals surface area contributed by atoms with Crippen molar-refractivity contribution >= 4 is 11.6 Å². The van der Waals surface area contributed by atoms with Crippen molar-refractivity contribution in [2.75, 3.05) is 5.32 Å². The second-order valence-electron chi connectivity index (χ2n) is 6.82. The van der Waals surface area contributed by atoms with Crippen molar-refractivity contribution in [1.29, 1.82) is 0 Å². The molecule has 0 bridgehead atoms. The number of hydrogen-bond acceptors (Lipinski definition) is 4. The van der Waals surface area contributed by atoms with E-state index >= 15 is 0 Å². The molecule has 1 N–H and O–H groups in total. The van der Waals surface area contributed by atoms with Crippen LogP contribution in [-0.2, 0) is 11.3 Å². The van der Waals surface area contributed by atoms with Gasteiger partial charge in [0.05, 0.1) is 11.3 Å². The highest BCUT2D eigenvalue weighted by atomic mass is 19.1. The number of nitrogens with one attached hydrogen (secondary N) is 1. The van der Waals surface area contributed by atoms with E-state index in [-0.39, 0.29) is 29.8 Å². The normalized spacial score (nSPS) is 10.9. The summed E-state index contributed by atoms with van der Waals surface area (Å²) in [6.07, 6.45) is 0. The molecule has 152 valence electrons. The first kappa shape index (κ1) is 19.5. The van der Waals surface area contributed by atoms with Crippen LogP contribution in [0.4, 0.5) is 14.5 Å². The van der Waals surface area contributed by atoms with Gasteiger partial charge in [-0.1, -0.05) is 12.1 Å². The van der Waals surface area contributed by atoms with E-state index in [0.29, 0.717) is 17.0 Å². The van der Waals surface area contributed by atoms with Gasteiger partial charge in [0.25, 0.3) is 0 Å². The van der Waals surface area contributed by atoms with E-state index in [4.69, 9.17) is 4.42 Å². The molecule has 0 aliphatic rings. The Balaban J connectivity index is 1.56. The second kappa shape index (κ2) is 7.90. The molecule has 0 aliphatic carbocycles. The van der Waals surface area contributed by atoms with Gasteiger partial charge >= 0.3 is 0 Å². The number of hydrogen-bond donors (Lipinski definition) is 1. The summed E-state index contributed by atoms with van der Waals surface area (Å²) in [5.41, 5.74) is 2.99. The highest BCUT2D eigenvalue weighted by Crippen LogP contribution is 2.29. The number of benzene rings is 2. The minimum Gasteiger partial charge on any atom is -0.416 e. The summed E-state index contributed by atoms with van der Waals surface area (Å²) >= 11 is 0. The lowest BCUT2D eigenvalue weighted by Crippen LogP contribution is -2.20. The van der Waals surface area contributed by atoms with Crippen LogP contribution in [0.3, 0.4) is 0 Å². The van der Waals surface area contributed by atoms with Gasteiger partial charge < -0.3 is 14.3 Å². The average molecular weight is 408 g/mol. The minimum absolute atomic E-state index is 0.00492. The third-order valence-electron chi connectivity index (χ3n) is 4.77. The first-order chi connectivity index (χ1) is 14.4. The van der Waals surface area contributed by atoms with E-state index < -0.39 is 5.82 Å². The molecule has 2 aromatic carbocycles. The molecule has 4 rings (SSSR count). The smallest absolute Gasteiger partial charge is 0.249 e. The number of carbonyl (C=O) groups excluding carboxylic acids is 1. The number of anilines is 1. The van der Waals surface area contributed by atoms with Crippen molar-refractivity contribution in [3.63, 3.8) is 0 Å². The lowest BCUT2D eigenvalue weighted by Gasteiger charge is -2.10. The maximum absolute atomic E-state index is 13.8. The third-order valence-corrected chi connectivity index (χ3v) is 4.77. The first-order valence-corrected chi connectivity index (χ1v) is 9.23.